The summed E-state index contributed by atoms with van der Waals surface area (Å²) in [5.41, 5.74) is 0. The van der Waals surface area contributed by atoms with Crippen LogP contribution >= 0.6 is 15.6 Å². The molecule has 5 atom stereocenters. The van der Waals surface area contributed by atoms with E-state index in [0.717, 1.165) is 167 Å². The molecule has 512 valence electrons. The van der Waals surface area contributed by atoms with Gasteiger partial charge in [0.2, 0.25) is 0 Å². The first kappa shape index (κ1) is 85.2. The number of carbonyl (C=O) groups is 3. The van der Waals surface area contributed by atoms with Gasteiger partial charge in [-0.25, -0.2) is 9.13 Å². The van der Waals surface area contributed by atoms with E-state index in [4.69, 9.17) is 32.3 Å². The van der Waals surface area contributed by atoms with Crippen molar-refractivity contribution in [1.82, 2.24) is 0 Å². The summed E-state index contributed by atoms with van der Waals surface area (Å²) in [6.07, 6.45) is 71.3. The second-order valence-electron chi connectivity index (χ2n) is 22.6. The number of rotatable bonds is 64. The Morgan fingerprint density at radius 2 is 0.596 bits per heavy atom. The van der Waals surface area contributed by atoms with E-state index < -0.39 is 91.5 Å². The summed E-state index contributed by atoms with van der Waals surface area (Å²) in [5, 5.41) is 20.5. The topological polar surface area (TPSA) is 231 Å². The molecule has 0 bridgehead atoms. The van der Waals surface area contributed by atoms with Crippen molar-refractivity contribution in [2.45, 2.75) is 283 Å². The molecule has 0 saturated carbocycles. The molecule has 0 spiro atoms. The number of esters is 3. The van der Waals surface area contributed by atoms with E-state index in [1.165, 1.54) is 38.5 Å². The third-order valence-electron chi connectivity index (χ3n) is 14.0. The quantitative estimate of drug-likeness (QED) is 0.0146. The highest BCUT2D eigenvalue weighted by Crippen LogP contribution is 2.45. The highest BCUT2D eigenvalue weighted by Gasteiger charge is 2.29. The Balaban J connectivity index is 4.68. The Bertz CT molecular complexity index is 2060. The molecule has 0 aromatic heterocycles. The maximum absolute atomic E-state index is 12.9. The van der Waals surface area contributed by atoms with Crippen LogP contribution in [0.3, 0.4) is 0 Å². The normalized spacial score (nSPS) is 14.9. The summed E-state index contributed by atoms with van der Waals surface area (Å²) in [7, 11) is -9.79. The molecule has 0 aromatic carbocycles. The minimum Gasteiger partial charge on any atom is -0.463 e. The van der Waals surface area contributed by atoms with Gasteiger partial charge in [-0.3, -0.25) is 32.5 Å². The molecule has 5 unspecified atom stereocenters. The van der Waals surface area contributed by atoms with Crippen molar-refractivity contribution in [2.75, 3.05) is 39.6 Å². The van der Waals surface area contributed by atoms with Crippen LogP contribution in [0.2, 0.25) is 0 Å². The Morgan fingerprint density at radius 1 is 0.326 bits per heavy atom. The first-order valence-corrected chi connectivity index (χ1v) is 37.2. The third-order valence-corrected chi connectivity index (χ3v) is 15.9. The van der Waals surface area contributed by atoms with Crippen molar-refractivity contribution in [3.8, 4) is 0 Å². The van der Waals surface area contributed by atoms with Crippen molar-refractivity contribution in [2.24, 2.45) is 0 Å². The van der Waals surface area contributed by atoms with Gasteiger partial charge in [-0.1, -0.05) is 233 Å². The number of carbonyl (C=O) groups excluding carboxylic acids is 3. The minimum atomic E-state index is -4.93. The van der Waals surface area contributed by atoms with Gasteiger partial charge in [-0.2, -0.15) is 0 Å². The molecule has 0 aliphatic heterocycles. The first-order valence-electron chi connectivity index (χ1n) is 34.2. The summed E-state index contributed by atoms with van der Waals surface area (Å²) >= 11 is 0. The zero-order valence-electron chi connectivity index (χ0n) is 55.3. The molecule has 0 saturated heterocycles. The van der Waals surface area contributed by atoms with Gasteiger partial charge >= 0.3 is 33.6 Å². The van der Waals surface area contributed by atoms with Crippen LogP contribution in [0.1, 0.15) is 265 Å². The van der Waals surface area contributed by atoms with Crippen LogP contribution in [0.4, 0.5) is 0 Å². The summed E-state index contributed by atoms with van der Waals surface area (Å²) in [5.74, 6) is -1.61. The number of allylic oxidation sites excluding steroid dienone is 18. The van der Waals surface area contributed by atoms with Crippen molar-refractivity contribution in [3.05, 3.63) is 109 Å². The summed E-state index contributed by atoms with van der Waals surface area (Å²) in [6.45, 7) is 2.39. The number of hydrogen-bond donors (Lipinski definition) is 4. The van der Waals surface area contributed by atoms with Crippen LogP contribution in [0.5, 0.6) is 0 Å². The fourth-order valence-corrected chi connectivity index (χ4v) is 10.4. The fraction of sp³-hybridized carbons (Fsp3) is 0.704. The molecule has 16 nitrogen and oxygen atoms in total. The fourth-order valence-electron chi connectivity index (χ4n) is 8.78. The lowest BCUT2D eigenvalue weighted by Crippen LogP contribution is -2.30. The van der Waals surface area contributed by atoms with Crippen LogP contribution in [-0.2, 0) is 55.8 Å². The Kier molecular flexibility index (Phi) is 61.6. The molecular weight excluding hydrogens is 1170 g/mol. The van der Waals surface area contributed by atoms with Crippen LogP contribution in [0, 0.1) is 0 Å². The van der Waals surface area contributed by atoms with E-state index in [1.54, 1.807) is 0 Å². The molecule has 0 heterocycles. The highest BCUT2D eigenvalue weighted by atomic mass is 31.2. The minimum absolute atomic E-state index is 0.0909. The van der Waals surface area contributed by atoms with E-state index in [9.17, 15) is 43.5 Å². The largest absolute Gasteiger partial charge is 0.472 e. The van der Waals surface area contributed by atoms with Gasteiger partial charge in [0.25, 0.3) is 0 Å². The van der Waals surface area contributed by atoms with Crippen molar-refractivity contribution < 1.29 is 75.8 Å². The van der Waals surface area contributed by atoms with Crippen molar-refractivity contribution >= 4 is 33.6 Å². The van der Waals surface area contributed by atoms with Crippen LogP contribution in [0.25, 0.3) is 0 Å². The zero-order chi connectivity index (χ0) is 65.3. The molecule has 0 amide bonds. The van der Waals surface area contributed by atoms with Crippen LogP contribution in [-0.4, -0.2) is 95.9 Å². The van der Waals surface area contributed by atoms with Gasteiger partial charge < -0.3 is 34.2 Å². The predicted octanol–water partition coefficient (Wildman–Crippen LogP) is 18.9. The second kappa shape index (κ2) is 64.3. The van der Waals surface area contributed by atoms with Gasteiger partial charge in [0.05, 0.1) is 26.4 Å². The molecular formula is C71H122O16P2. The maximum atomic E-state index is 12.9. The molecule has 0 rings (SSSR count). The molecule has 0 radical (unpaired) electrons. The monoisotopic (exact) mass is 1290 g/mol. The smallest absolute Gasteiger partial charge is 0.463 e. The van der Waals surface area contributed by atoms with E-state index in [-0.39, 0.29) is 19.3 Å². The van der Waals surface area contributed by atoms with Gasteiger partial charge in [-0.15, -0.1) is 0 Å². The number of unbranched alkanes of at least 4 members (excludes halogenated alkanes) is 23. The predicted molar refractivity (Wildman–Crippen MR) is 362 cm³/mol. The van der Waals surface area contributed by atoms with Gasteiger partial charge in [0.15, 0.2) is 6.10 Å². The molecule has 18 heteroatoms. The molecule has 0 aromatic rings. The van der Waals surface area contributed by atoms with E-state index in [0.29, 0.717) is 19.3 Å². The number of aliphatic hydroxyl groups excluding tert-OH is 2. The molecule has 89 heavy (non-hydrogen) atoms. The zero-order valence-corrected chi connectivity index (χ0v) is 57.1. The number of hydrogen-bond acceptors (Lipinski definition) is 14. The molecule has 0 aliphatic carbocycles. The van der Waals surface area contributed by atoms with Crippen molar-refractivity contribution in [3.63, 3.8) is 0 Å². The summed E-state index contributed by atoms with van der Waals surface area (Å²) in [6, 6.07) is 0. The average molecular weight is 1290 g/mol. The van der Waals surface area contributed by atoms with E-state index in [1.807, 2.05) is 0 Å². The molecule has 0 aliphatic rings. The van der Waals surface area contributed by atoms with Crippen LogP contribution in [0.15, 0.2) is 109 Å². The third kappa shape index (κ3) is 65.5. The van der Waals surface area contributed by atoms with Crippen molar-refractivity contribution in [1.29, 1.82) is 0 Å². The number of phosphoric ester groups is 2. The van der Waals surface area contributed by atoms with E-state index in [2.05, 4.69) is 130 Å². The number of ether oxygens (including phenoxy) is 3. The first-order chi connectivity index (χ1) is 43.2. The Hall–Kier alpha value is -3.79. The summed E-state index contributed by atoms with van der Waals surface area (Å²) < 4.78 is 60.9. The standard InChI is InChI=1S/C71H122O16P2/c1-4-7-10-13-16-19-22-25-28-30-31-32-33-35-38-39-42-45-48-51-54-57-69(74)81-60-66(72)61-83-88(77,78)84-62-67(73)63-85-89(79,80)86-65-68(87-71(76)59-56-53-50-47-44-41-36-27-24-21-18-15-12-9-6-3)64-82-70(75)58-55-52-49-46-43-40-37-34-29-26-23-20-17-14-11-8-5-2/h7-8,10-11,16-17,19-20,25-29,31-32,35-36,38,66-68,72-73H,4-6,9,12-15,18,21-24,30,33-34,37,39-65H2,1-3H3,(H,77,78)(H,79,80)/b10-7-,11-8-,19-16-,20-17-,28-25-,29-26-,32-31-,36-27-,38-35-. The summed E-state index contributed by atoms with van der Waals surface area (Å²) in [4.78, 5) is 58.4. The van der Waals surface area contributed by atoms with Crippen LogP contribution < -0.4 is 0 Å². The van der Waals surface area contributed by atoms with E-state index >= 15 is 0 Å². The van der Waals surface area contributed by atoms with Gasteiger partial charge in [-0.05, 0) is 122 Å². The SMILES string of the molecule is CC/C=C\C/C=C\C/C=C\C/C=C\C/C=C\CCCCCCCC(=O)OCC(O)COP(=O)(O)OCC(O)COP(=O)(O)OCC(COC(=O)CCCCCCCCC/C=C\C/C=C\C/C=C\CC)OC(=O)CCCCCCC/C=C\CCCCCCCC. The Morgan fingerprint density at radius 3 is 0.955 bits per heavy atom. The maximum Gasteiger partial charge on any atom is 0.472 e. The Labute approximate surface area is 539 Å². The average Bonchev–Trinajstić information content (AvgIpc) is 3.63. The highest BCUT2D eigenvalue weighted by molar-refractivity contribution is 7.47. The lowest BCUT2D eigenvalue weighted by atomic mass is 10.1. The molecule has 0 fully saturated rings. The van der Waals surface area contributed by atoms with Gasteiger partial charge in [0.1, 0.15) is 25.4 Å². The molecule has 4 N–H and O–H groups in total. The second-order valence-corrected chi connectivity index (χ2v) is 25.5. The van der Waals surface area contributed by atoms with Gasteiger partial charge in [0, 0.05) is 19.3 Å². The lowest BCUT2D eigenvalue weighted by Gasteiger charge is -2.21. The lowest BCUT2D eigenvalue weighted by molar-refractivity contribution is -0.161. The number of phosphoric acid groups is 2. The number of aliphatic hydroxyl groups is 2.